The van der Waals surface area contributed by atoms with Crippen LogP contribution in [0, 0.1) is 0 Å². The van der Waals surface area contributed by atoms with Crippen LogP contribution in [-0.2, 0) is 4.79 Å². The van der Waals surface area contributed by atoms with Crippen LogP contribution in [0.5, 0.6) is 0 Å². The van der Waals surface area contributed by atoms with E-state index in [9.17, 15) is 4.79 Å². The zero-order valence-corrected chi connectivity index (χ0v) is 10.7. The van der Waals surface area contributed by atoms with Gasteiger partial charge in [0.1, 0.15) is 0 Å². The van der Waals surface area contributed by atoms with Crippen molar-refractivity contribution in [1.29, 1.82) is 0 Å². The summed E-state index contributed by atoms with van der Waals surface area (Å²) in [4.78, 5) is 13.9. The van der Waals surface area contributed by atoms with Crippen LogP contribution in [-0.4, -0.2) is 37.0 Å². The van der Waals surface area contributed by atoms with Crippen LogP contribution in [0.2, 0.25) is 0 Å². The summed E-state index contributed by atoms with van der Waals surface area (Å²) in [5, 5.41) is 3.01. The smallest absolute Gasteiger partial charge is 0.239 e. The summed E-state index contributed by atoms with van der Waals surface area (Å²) < 4.78 is 0. The average Bonchev–Trinajstić information content (AvgIpc) is 2.27. The fraction of sp³-hybridized carbons (Fsp3) is 0.917. The maximum atomic E-state index is 11.9. The molecule has 0 rings (SSSR count). The van der Waals surface area contributed by atoms with Gasteiger partial charge < -0.3 is 10.2 Å². The van der Waals surface area contributed by atoms with Gasteiger partial charge in [-0.25, -0.2) is 0 Å². The third-order valence-corrected chi connectivity index (χ3v) is 2.68. The molecule has 0 bridgehead atoms. The van der Waals surface area contributed by atoms with Crippen molar-refractivity contribution in [2.45, 2.75) is 52.5 Å². The Morgan fingerprint density at radius 2 is 1.67 bits per heavy atom. The molecule has 1 unspecified atom stereocenters. The average molecular weight is 214 g/mol. The largest absolute Gasteiger partial charge is 0.341 e. The van der Waals surface area contributed by atoms with Crippen LogP contribution < -0.4 is 5.32 Å². The first-order valence-electron chi connectivity index (χ1n) is 6.13. The molecule has 0 aromatic heterocycles. The summed E-state index contributed by atoms with van der Waals surface area (Å²) >= 11 is 0. The Kier molecular flexibility index (Phi) is 8.38. The van der Waals surface area contributed by atoms with Gasteiger partial charge in [-0.3, -0.25) is 4.79 Å². The van der Waals surface area contributed by atoms with E-state index in [0.717, 1.165) is 38.8 Å². The van der Waals surface area contributed by atoms with Crippen molar-refractivity contribution in [1.82, 2.24) is 10.2 Å². The third-order valence-electron chi connectivity index (χ3n) is 2.68. The van der Waals surface area contributed by atoms with Gasteiger partial charge in [-0.1, -0.05) is 26.7 Å². The second-order valence-electron chi connectivity index (χ2n) is 4.04. The van der Waals surface area contributed by atoms with Crippen molar-refractivity contribution >= 4 is 5.91 Å². The highest BCUT2D eigenvalue weighted by Crippen LogP contribution is 2.02. The molecule has 3 nitrogen and oxygen atoms in total. The molecule has 0 aromatic rings. The molecule has 0 saturated carbocycles. The lowest BCUT2D eigenvalue weighted by atomic mass is 10.2. The van der Waals surface area contributed by atoms with Gasteiger partial charge in [-0.2, -0.15) is 0 Å². The first-order chi connectivity index (χ1) is 7.17. The van der Waals surface area contributed by atoms with Gasteiger partial charge in [0.15, 0.2) is 0 Å². The Morgan fingerprint density at radius 1 is 1.20 bits per heavy atom. The highest BCUT2D eigenvalue weighted by Gasteiger charge is 2.17. The molecular weight excluding hydrogens is 188 g/mol. The van der Waals surface area contributed by atoms with E-state index in [0.29, 0.717) is 0 Å². The Bertz CT molecular complexity index is 163. The van der Waals surface area contributed by atoms with E-state index in [1.54, 1.807) is 0 Å². The predicted molar refractivity (Wildman–Crippen MR) is 64.9 cm³/mol. The standard InChI is InChI=1S/C12H26N2O/c1-5-7-9-14(10-8-6-2)12(15)11(3)13-4/h11,13H,5-10H2,1-4H3. The molecule has 1 atom stereocenters. The maximum Gasteiger partial charge on any atom is 0.239 e. The highest BCUT2D eigenvalue weighted by atomic mass is 16.2. The quantitative estimate of drug-likeness (QED) is 0.670. The fourth-order valence-electron chi connectivity index (χ4n) is 1.43. The van der Waals surface area contributed by atoms with Gasteiger partial charge in [0.2, 0.25) is 5.91 Å². The van der Waals surface area contributed by atoms with Crippen molar-refractivity contribution in [3.63, 3.8) is 0 Å². The molecule has 0 aliphatic carbocycles. The lowest BCUT2D eigenvalue weighted by Crippen LogP contribution is -2.44. The number of nitrogens with one attached hydrogen (secondary N) is 1. The van der Waals surface area contributed by atoms with Crippen LogP contribution >= 0.6 is 0 Å². The molecule has 0 saturated heterocycles. The zero-order valence-electron chi connectivity index (χ0n) is 10.7. The second kappa shape index (κ2) is 8.72. The molecule has 0 aromatic carbocycles. The maximum absolute atomic E-state index is 11.9. The molecule has 0 heterocycles. The lowest BCUT2D eigenvalue weighted by molar-refractivity contribution is -0.133. The third kappa shape index (κ3) is 5.78. The first-order valence-corrected chi connectivity index (χ1v) is 6.13. The molecular formula is C12H26N2O. The predicted octanol–water partition coefficient (Wildman–Crippen LogP) is 2.02. The van der Waals surface area contributed by atoms with Crippen molar-refractivity contribution in [2.24, 2.45) is 0 Å². The molecule has 0 fully saturated rings. The summed E-state index contributed by atoms with van der Waals surface area (Å²) in [7, 11) is 1.83. The van der Waals surface area contributed by atoms with E-state index in [4.69, 9.17) is 0 Å². The molecule has 0 aliphatic rings. The summed E-state index contributed by atoms with van der Waals surface area (Å²) in [6.07, 6.45) is 4.49. The molecule has 90 valence electrons. The SMILES string of the molecule is CCCCN(CCCC)C(=O)C(C)NC. The van der Waals surface area contributed by atoms with E-state index < -0.39 is 0 Å². The summed E-state index contributed by atoms with van der Waals surface area (Å²) in [5.41, 5.74) is 0. The number of amides is 1. The van der Waals surface area contributed by atoms with E-state index in [2.05, 4.69) is 19.2 Å². The van der Waals surface area contributed by atoms with Crippen LogP contribution in [0.15, 0.2) is 0 Å². The number of carbonyl (C=O) groups is 1. The van der Waals surface area contributed by atoms with Gasteiger partial charge >= 0.3 is 0 Å². The van der Waals surface area contributed by atoms with Crippen molar-refractivity contribution in [3.05, 3.63) is 0 Å². The minimum absolute atomic E-state index is 0.0567. The van der Waals surface area contributed by atoms with E-state index in [-0.39, 0.29) is 11.9 Å². The van der Waals surface area contributed by atoms with Crippen molar-refractivity contribution < 1.29 is 4.79 Å². The Morgan fingerprint density at radius 3 is 2.00 bits per heavy atom. The number of likely N-dealkylation sites (N-methyl/N-ethyl adjacent to an activating group) is 1. The van der Waals surface area contributed by atoms with Gasteiger partial charge in [0.25, 0.3) is 0 Å². The zero-order chi connectivity index (χ0) is 11.7. The molecule has 1 amide bonds. The topological polar surface area (TPSA) is 32.3 Å². The molecule has 1 N–H and O–H groups in total. The van der Waals surface area contributed by atoms with E-state index in [1.807, 2.05) is 18.9 Å². The highest BCUT2D eigenvalue weighted by molar-refractivity contribution is 5.81. The number of rotatable bonds is 8. The van der Waals surface area contributed by atoms with Gasteiger partial charge in [0.05, 0.1) is 6.04 Å². The summed E-state index contributed by atoms with van der Waals surface area (Å²) in [6.45, 7) is 8.05. The molecule has 3 heteroatoms. The second-order valence-corrected chi connectivity index (χ2v) is 4.04. The summed E-state index contributed by atoms with van der Waals surface area (Å²) in [5.74, 6) is 0.236. The minimum Gasteiger partial charge on any atom is -0.341 e. The Labute approximate surface area is 94.2 Å². The van der Waals surface area contributed by atoms with E-state index in [1.165, 1.54) is 0 Å². The van der Waals surface area contributed by atoms with E-state index >= 15 is 0 Å². The normalized spacial score (nSPS) is 12.5. The van der Waals surface area contributed by atoms with Gasteiger partial charge in [0, 0.05) is 13.1 Å². The lowest BCUT2D eigenvalue weighted by Gasteiger charge is -2.25. The fourth-order valence-corrected chi connectivity index (χ4v) is 1.43. The van der Waals surface area contributed by atoms with Crippen LogP contribution in [0.1, 0.15) is 46.5 Å². The van der Waals surface area contributed by atoms with Crippen LogP contribution in [0.4, 0.5) is 0 Å². The molecule has 0 radical (unpaired) electrons. The number of unbranched alkanes of at least 4 members (excludes halogenated alkanes) is 2. The van der Waals surface area contributed by atoms with Crippen molar-refractivity contribution in [3.8, 4) is 0 Å². The minimum atomic E-state index is -0.0567. The van der Waals surface area contributed by atoms with Gasteiger partial charge in [-0.05, 0) is 26.8 Å². The number of hydrogen-bond donors (Lipinski definition) is 1. The molecule has 15 heavy (non-hydrogen) atoms. The van der Waals surface area contributed by atoms with Crippen LogP contribution in [0.25, 0.3) is 0 Å². The Hall–Kier alpha value is -0.570. The number of carbonyl (C=O) groups excluding carboxylic acids is 1. The Balaban J connectivity index is 4.13. The molecule has 0 spiro atoms. The van der Waals surface area contributed by atoms with Gasteiger partial charge in [-0.15, -0.1) is 0 Å². The molecule has 0 aliphatic heterocycles. The van der Waals surface area contributed by atoms with Crippen molar-refractivity contribution in [2.75, 3.05) is 20.1 Å². The first kappa shape index (κ1) is 14.4. The monoisotopic (exact) mass is 214 g/mol. The number of nitrogens with zero attached hydrogens (tertiary/aromatic N) is 1. The summed E-state index contributed by atoms with van der Waals surface area (Å²) in [6, 6.07) is -0.0567. The van der Waals surface area contributed by atoms with Crippen LogP contribution in [0.3, 0.4) is 0 Å². The number of hydrogen-bond acceptors (Lipinski definition) is 2.